The molecule has 0 radical (unpaired) electrons. The minimum Gasteiger partial charge on any atom is -0.459 e. The first kappa shape index (κ1) is 30.9. The molecule has 0 aromatic heterocycles. The van der Waals surface area contributed by atoms with Gasteiger partial charge in [-0.2, -0.15) is 0 Å². The third kappa shape index (κ3) is 6.17. The van der Waals surface area contributed by atoms with Crippen molar-refractivity contribution in [1.82, 2.24) is 0 Å². The van der Waals surface area contributed by atoms with E-state index in [1.807, 2.05) is 121 Å². The summed E-state index contributed by atoms with van der Waals surface area (Å²) in [5.74, 6) is -2.93. The zero-order valence-electron chi connectivity index (χ0n) is 26.0. The van der Waals surface area contributed by atoms with Crippen LogP contribution in [0.4, 0.5) is 0 Å². The maximum absolute atomic E-state index is 13.5. The van der Waals surface area contributed by atoms with Crippen molar-refractivity contribution in [3.63, 3.8) is 0 Å². The van der Waals surface area contributed by atoms with Gasteiger partial charge in [-0.1, -0.05) is 121 Å². The predicted octanol–water partition coefficient (Wildman–Crippen LogP) is 6.89. The van der Waals surface area contributed by atoms with Crippen molar-refractivity contribution in [2.75, 3.05) is 0 Å². The Morgan fingerprint density at radius 3 is 1.12 bits per heavy atom. The molecule has 1 fully saturated rings. The maximum Gasteiger partial charge on any atom is 0.347 e. The van der Waals surface area contributed by atoms with Crippen molar-refractivity contribution >= 4 is 35.0 Å². The van der Waals surface area contributed by atoms with Gasteiger partial charge in [-0.05, 0) is 47.9 Å². The van der Waals surface area contributed by atoms with Crippen molar-refractivity contribution in [3.05, 3.63) is 155 Å². The Hall–Kier alpha value is -5.76. The number of ether oxygens (including phenoxy) is 4. The van der Waals surface area contributed by atoms with Crippen LogP contribution in [-0.2, 0) is 38.1 Å². The Morgan fingerprint density at radius 1 is 0.479 bits per heavy atom. The first-order valence-corrected chi connectivity index (χ1v) is 16.0. The van der Waals surface area contributed by atoms with Gasteiger partial charge in [-0.15, -0.1) is 0 Å². The van der Waals surface area contributed by atoms with Gasteiger partial charge in [0, 0.05) is 11.1 Å². The lowest BCUT2D eigenvalue weighted by Crippen LogP contribution is -2.31. The third-order valence-electron chi connectivity index (χ3n) is 8.87. The fourth-order valence-electron chi connectivity index (χ4n) is 6.56. The van der Waals surface area contributed by atoms with Crippen molar-refractivity contribution in [1.29, 1.82) is 0 Å². The molecule has 8 nitrogen and oxygen atoms in total. The summed E-state index contributed by atoms with van der Waals surface area (Å²) in [6.45, 7) is 0. The van der Waals surface area contributed by atoms with Gasteiger partial charge in [0.15, 0.2) is 23.4 Å². The summed E-state index contributed by atoms with van der Waals surface area (Å²) >= 11 is 0. The van der Waals surface area contributed by atoms with Gasteiger partial charge in [0.2, 0.25) is 0 Å². The monoisotopic (exact) mass is 640 g/mol. The molecule has 0 N–H and O–H groups in total. The summed E-state index contributed by atoms with van der Waals surface area (Å²) in [5, 5.41) is 0. The number of hydrogen-bond acceptors (Lipinski definition) is 8. The molecule has 3 aliphatic rings. The largest absolute Gasteiger partial charge is 0.459 e. The van der Waals surface area contributed by atoms with E-state index in [0.717, 1.165) is 11.1 Å². The highest BCUT2D eigenvalue weighted by Gasteiger charge is 2.43. The molecule has 7 rings (SSSR count). The van der Waals surface area contributed by atoms with E-state index in [1.165, 1.54) is 0 Å². The van der Waals surface area contributed by atoms with Crippen LogP contribution >= 0.6 is 0 Å². The molecule has 48 heavy (non-hydrogen) atoms. The van der Waals surface area contributed by atoms with Crippen LogP contribution in [0, 0.1) is 0 Å². The van der Waals surface area contributed by atoms with E-state index >= 15 is 0 Å². The molecule has 8 heteroatoms. The second-order valence-corrected chi connectivity index (χ2v) is 11.9. The number of cyclic esters (lactones) is 2. The molecule has 0 amide bonds. The van der Waals surface area contributed by atoms with Gasteiger partial charge in [0.1, 0.15) is 12.2 Å². The average molecular weight is 641 g/mol. The third-order valence-corrected chi connectivity index (χ3v) is 8.87. The molecule has 0 bridgehead atoms. The Kier molecular flexibility index (Phi) is 8.71. The second-order valence-electron chi connectivity index (χ2n) is 11.9. The van der Waals surface area contributed by atoms with Crippen LogP contribution in [0.2, 0.25) is 0 Å². The lowest BCUT2D eigenvalue weighted by Gasteiger charge is -2.28. The highest BCUT2D eigenvalue weighted by atomic mass is 16.6. The van der Waals surface area contributed by atoms with E-state index in [0.29, 0.717) is 48.0 Å². The van der Waals surface area contributed by atoms with Crippen LogP contribution < -0.4 is 0 Å². The topological polar surface area (TPSA) is 105 Å². The van der Waals surface area contributed by atoms with Crippen LogP contribution in [0.3, 0.4) is 0 Å². The first-order chi connectivity index (χ1) is 23.5. The Bertz CT molecular complexity index is 1750. The first-order valence-electron chi connectivity index (χ1n) is 16.0. The molecular weight excluding hydrogens is 608 g/mol. The predicted molar refractivity (Wildman–Crippen MR) is 176 cm³/mol. The molecular formula is C40H32O8. The van der Waals surface area contributed by atoms with Crippen molar-refractivity contribution in [2.45, 2.75) is 50.1 Å². The van der Waals surface area contributed by atoms with E-state index in [1.54, 1.807) is 0 Å². The van der Waals surface area contributed by atoms with Crippen LogP contribution in [0.5, 0.6) is 0 Å². The summed E-state index contributed by atoms with van der Waals surface area (Å²) in [4.78, 5) is 53.3. The van der Waals surface area contributed by atoms with Gasteiger partial charge >= 0.3 is 23.9 Å². The zero-order valence-corrected chi connectivity index (χ0v) is 26.0. The summed E-state index contributed by atoms with van der Waals surface area (Å²) in [6, 6.07) is 37.0. The SMILES string of the molecule is O=C(OC1CCC(OC(=O)C2=C(c3ccccc3)C(c3ccccc3)OC2=O)CC1)C1=C(c2ccccc2)C(c2ccccc2)OC1=O. The van der Waals surface area contributed by atoms with Crippen molar-refractivity contribution in [3.8, 4) is 0 Å². The Morgan fingerprint density at radius 2 is 0.792 bits per heavy atom. The van der Waals surface area contributed by atoms with E-state index in [9.17, 15) is 19.2 Å². The zero-order chi connectivity index (χ0) is 33.0. The highest BCUT2D eigenvalue weighted by molar-refractivity contribution is 6.23. The number of carbonyl (C=O) groups is 4. The minimum absolute atomic E-state index is 0.114. The van der Waals surface area contributed by atoms with Gasteiger partial charge in [-0.25, -0.2) is 19.2 Å². The number of hydrogen-bond donors (Lipinski definition) is 0. The molecule has 1 aliphatic carbocycles. The standard InChI is InChI=1S/C40H32O8/c41-37(33-31(25-13-5-1-6-14-25)35(47-39(33)43)27-17-9-3-10-18-27)45-29-21-23-30(24-22-29)46-38(42)34-32(26-15-7-2-8-16-26)36(48-40(34)44)28-19-11-4-12-20-28/h1-20,29-30,35-36H,21-24H2. The fraction of sp³-hybridized carbons (Fsp3) is 0.200. The summed E-state index contributed by atoms with van der Waals surface area (Å²) in [7, 11) is 0. The van der Waals surface area contributed by atoms with Gasteiger partial charge in [0.05, 0.1) is 0 Å². The number of esters is 4. The number of carbonyl (C=O) groups excluding carboxylic acids is 4. The Labute approximate surface area is 277 Å². The fourth-order valence-corrected chi connectivity index (χ4v) is 6.56. The lowest BCUT2D eigenvalue weighted by molar-refractivity contribution is -0.157. The average Bonchev–Trinajstić information content (AvgIpc) is 3.67. The molecule has 240 valence electrons. The normalized spacial score (nSPS) is 22.2. The van der Waals surface area contributed by atoms with E-state index in [2.05, 4.69) is 0 Å². The van der Waals surface area contributed by atoms with Crippen LogP contribution in [-0.4, -0.2) is 36.1 Å². The molecule has 1 saturated carbocycles. The quantitative estimate of drug-likeness (QED) is 0.117. The molecule has 0 saturated heterocycles. The molecule has 4 aromatic carbocycles. The van der Waals surface area contributed by atoms with Gasteiger partial charge < -0.3 is 18.9 Å². The minimum atomic E-state index is -0.740. The van der Waals surface area contributed by atoms with E-state index < -0.39 is 48.3 Å². The summed E-state index contributed by atoms with van der Waals surface area (Å²) in [6.07, 6.45) is -0.799. The highest BCUT2D eigenvalue weighted by Crippen LogP contribution is 2.44. The molecule has 2 heterocycles. The smallest absolute Gasteiger partial charge is 0.347 e. The Balaban J connectivity index is 1.06. The van der Waals surface area contributed by atoms with Gasteiger partial charge in [0.25, 0.3) is 0 Å². The maximum atomic E-state index is 13.5. The molecule has 2 aliphatic heterocycles. The van der Waals surface area contributed by atoms with Crippen molar-refractivity contribution < 1.29 is 38.1 Å². The number of benzene rings is 4. The second kappa shape index (κ2) is 13.5. The van der Waals surface area contributed by atoms with Crippen LogP contribution in [0.1, 0.15) is 60.1 Å². The summed E-state index contributed by atoms with van der Waals surface area (Å²) in [5.41, 5.74) is 3.61. The van der Waals surface area contributed by atoms with E-state index in [4.69, 9.17) is 18.9 Å². The molecule has 0 spiro atoms. The molecule has 2 unspecified atom stereocenters. The molecule has 2 atom stereocenters. The van der Waals surface area contributed by atoms with Gasteiger partial charge in [-0.3, -0.25) is 0 Å². The van der Waals surface area contributed by atoms with Crippen LogP contribution in [0.15, 0.2) is 132 Å². The summed E-state index contributed by atoms with van der Waals surface area (Å²) < 4.78 is 23.2. The molecule has 4 aromatic rings. The van der Waals surface area contributed by atoms with Crippen LogP contribution in [0.25, 0.3) is 11.1 Å². The lowest BCUT2D eigenvalue weighted by atomic mass is 9.92. The number of rotatable bonds is 8. The van der Waals surface area contributed by atoms with Crippen molar-refractivity contribution in [2.24, 2.45) is 0 Å². The van der Waals surface area contributed by atoms with E-state index in [-0.39, 0.29) is 11.1 Å².